The summed E-state index contributed by atoms with van der Waals surface area (Å²) in [7, 11) is 0. The normalized spacial score (nSPS) is 11.3. The molecule has 1 aromatic carbocycles. The number of rotatable bonds is 2. The van der Waals surface area contributed by atoms with Gasteiger partial charge in [0.25, 0.3) is 5.56 Å². The number of alkyl halides is 3. The van der Waals surface area contributed by atoms with Crippen molar-refractivity contribution in [3.63, 3.8) is 0 Å². The van der Waals surface area contributed by atoms with Gasteiger partial charge in [0.05, 0.1) is 11.1 Å². The van der Waals surface area contributed by atoms with Crippen LogP contribution in [0.2, 0.25) is 0 Å². The molecule has 4 nitrogen and oxygen atoms in total. The van der Waals surface area contributed by atoms with E-state index in [9.17, 15) is 22.8 Å². The molecular weight excluding hydrogens is 273 g/mol. The van der Waals surface area contributed by atoms with Crippen LogP contribution in [0.5, 0.6) is 0 Å². The fraction of sp³-hybridized carbons (Fsp3) is 0.0769. The average Bonchev–Trinajstić information content (AvgIpc) is 2.38. The van der Waals surface area contributed by atoms with Crippen LogP contribution in [0, 0.1) is 0 Å². The lowest BCUT2D eigenvalue weighted by atomic mass is 10.0. The van der Waals surface area contributed by atoms with Crippen molar-refractivity contribution in [1.82, 2.24) is 4.98 Å². The molecule has 0 fully saturated rings. The van der Waals surface area contributed by atoms with Crippen LogP contribution in [-0.4, -0.2) is 10.9 Å². The summed E-state index contributed by atoms with van der Waals surface area (Å²) in [5.74, 6) is -0.783. The highest BCUT2D eigenvalue weighted by Crippen LogP contribution is 2.31. The molecule has 0 bridgehead atoms. The van der Waals surface area contributed by atoms with Gasteiger partial charge in [0, 0.05) is 11.8 Å². The molecule has 0 saturated carbocycles. The van der Waals surface area contributed by atoms with Crippen molar-refractivity contribution in [3.05, 3.63) is 58.0 Å². The molecule has 1 heterocycles. The summed E-state index contributed by atoms with van der Waals surface area (Å²) in [5.41, 5.74) is 3.61. The molecule has 0 aliphatic heterocycles. The third-order valence-electron chi connectivity index (χ3n) is 2.69. The van der Waals surface area contributed by atoms with Crippen LogP contribution in [0.3, 0.4) is 0 Å². The SMILES string of the molecule is NC(=O)c1c[nH]c(=O)c(-c2cccc(C(F)(F)F)c2)c1. The van der Waals surface area contributed by atoms with E-state index in [1.54, 1.807) is 0 Å². The van der Waals surface area contributed by atoms with Crippen LogP contribution in [-0.2, 0) is 6.18 Å². The predicted octanol–water partition coefficient (Wildman–Crippen LogP) is 2.16. The second kappa shape index (κ2) is 4.84. The molecule has 20 heavy (non-hydrogen) atoms. The second-order valence-corrected chi connectivity index (χ2v) is 4.07. The number of primary amides is 1. The topological polar surface area (TPSA) is 76.0 Å². The molecular formula is C13H9F3N2O2. The Morgan fingerprint density at radius 3 is 2.50 bits per heavy atom. The first-order valence-electron chi connectivity index (χ1n) is 5.49. The molecule has 2 rings (SSSR count). The summed E-state index contributed by atoms with van der Waals surface area (Å²) >= 11 is 0. The molecule has 0 spiro atoms. The minimum atomic E-state index is -4.51. The number of H-pyrrole nitrogens is 1. The van der Waals surface area contributed by atoms with Crippen LogP contribution in [0.1, 0.15) is 15.9 Å². The average molecular weight is 282 g/mol. The lowest BCUT2D eigenvalue weighted by Gasteiger charge is -2.08. The Balaban J connectivity index is 2.60. The first-order chi connectivity index (χ1) is 9.29. The van der Waals surface area contributed by atoms with E-state index in [-0.39, 0.29) is 16.7 Å². The monoisotopic (exact) mass is 282 g/mol. The number of aromatic amines is 1. The van der Waals surface area contributed by atoms with E-state index in [2.05, 4.69) is 4.98 Å². The molecule has 0 saturated heterocycles. The zero-order valence-electron chi connectivity index (χ0n) is 9.99. The van der Waals surface area contributed by atoms with Gasteiger partial charge in [-0.1, -0.05) is 12.1 Å². The van der Waals surface area contributed by atoms with Gasteiger partial charge < -0.3 is 10.7 Å². The largest absolute Gasteiger partial charge is 0.416 e. The van der Waals surface area contributed by atoms with Crippen LogP contribution >= 0.6 is 0 Å². The third-order valence-corrected chi connectivity index (χ3v) is 2.69. The molecule has 3 N–H and O–H groups in total. The van der Waals surface area contributed by atoms with E-state index in [0.717, 1.165) is 24.4 Å². The van der Waals surface area contributed by atoms with Gasteiger partial charge in [0.15, 0.2) is 0 Å². The van der Waals surface area contributed by atoms with Gasteiger partial charge in [-0.3, -0.25) is 9.59 Å². The van der Waals surface area contributed by atoms with Gasteiger partial charge in [0.1, 0.15) is 0 Å². The Hall–Kier alpha value is -2.57. The van der Waals surface area contributed by atoms with Gasteiger partial charge in [-0.15, -0.1) is 0 Å². The van der Waals surface area contributed by atoms with Crippen LogP contribution < -0.4 is 11.3 Å². The number of benzene rings is 1. The molecule has 0 aliphatic carbocycles. The smallest absolute Gasteiger partial charge is 0.366 e. The molecule has 0 unspecified atom stereocenters. The quantitative estimate of drug-likeness (QED) is 0.885. The molecule has 2 aromatic rings. The van der Waals surface area contributed by atoms with Crippen molar-refractivity contribution in [2.75, 3.05) is 0 Å². The number of hydrogen-bond donors (Lipinski definition) is 2. The molecule has 104 valence electrons. The minimum Gasteiger partial charge on any atom is -0.366 e. The number of aromatic nitrogens is 1. The maximum Gasteiger partial charge on any atom is 0.416 e. The number of carbonyl (C=O) groups excluding carboxylic acids is 1. The van der Waals surface area contributed by atoms with E-state index in [0.29, 0.717) is 0 Å². The molecule has 0 radical (unpaired) electrons. The molecule has 0 atom stereocenters. The molecule has 1 aromatic heterocycles. The molecule has 7 heteroatoms. The van der Waals surface area contributed by atoms with E-state index < -0.39 is 23.2 Å². The summed E-state index contributed by atoms with van der Waals surface area (Å²) in [6.45, 7) is 0. The number of nitrogens with two attached hydrogens (primary N) is 1. The van der Waals surface area contributed by atoms with Crippen LogP contribution in [0.25, 0.3) is 11.1 Å². The first-order valence-corrected chi connectivity index (χ1v) is 5.49. The van der Waals surface area contributed by atoms with Crippen molar-refractivity contribution >= 4 is 5.91 Å². The van der Waals surface area contributed by atoms with Crippen molar-refractivity contribution in [2.24, 2.45) is 5.73 Å². The van der Waals surface area contributed by atoms with E-state index >= 15 is 0 Å². The van der Waals surface area contributed by atoms with Gasteiger partial charge in [-0.05, 0) is 23.8 Å². The van der Waals surface area contributed by atoms with Crippen LogP contribution in [0.15, 0.2) is 41.3 Å². The highest BCUT2D eigenvalue weighted by molar-refractivity contribution is 5.93. The number of halogens is 3. The first kappa shape index (κ1) is 13.9. The Morgan fingerprint density at radius 1 is 1.20 bits per heavy atom. The fourth-order valence-electron chi connectivity index (χ4n) is 1.70. The van der Waals surface area contributed by atoms with Crippen LogP contribution in [0.4, 0.5) is 13.2 Å². The predicted molar refractivity (Wildman–Crippen MR) is 66.0 cm³/mol. The zero-order valence-corrected chi connectivity index (χ0v) is 9.99. The number of hydrogen-bond acceptors (Lipinski definition) is 2. The third kappa shape index (κ3) is 2.71. The second-order valence-electron chi connectivity index (χ2n) is 4.07. The van der Waals surface area contributed by atoms with Gasteiger partial charge >= 0.3 is 6.18 Å². The number of nitrogens with one attached hydrogen (secondary N) is 1. The lowest BCUT2D eigenvalue weighted by Crippen LogP contribution is -2.16. The Bertz CT molecular complexity index is 720. The Labute approximate surface area is 111 Å². The number of carbonyl (C=O) groups is 1. The molecule has 0 aliphatic rings. The standard InChI is InChI=1S/C13H9F3N2O2/c14-13(15,16)9-3-1-2-7(4-9)10-5-8(11(17)19)6-18-12(10)20/h1-6H,(H2,17,19)(H,18,20). The summed E-state index contributed by atoms with van der Waals surface area (Å²) in [6, 6.07) is 5.45. The van der Waals surface area contributed by atoms with Gasteiger partial charge in [-0.25, -0.2) is 0 Å². The minimum absolute atomic E-state index is 0.0111. The van der Waals surface area contributed by atoms with Crippen molar-refractivity contribution in [1.29, 1.82) is 0 Å². The van der Waals surface area contributed by atoms with E-state index in [4.69, 9.17) is 5.73 Å². The van der Waals surface area contributed by atoms with Crippen molar-refractivity contribution in [3.8, 4) is 11.1 Å². The van der Waals surface area contributed by atoms with Crippen molar-refractivity contribution in [2.45, 2.75) is 6.18 Å². The van der Waals surface area contributed by atoms with Crippen molar-refractivity contribution < 1.29 is 18.0 Å². The Morgan fingerprint density at radius 2 is 1.90 bits per heavy atom. The Kier molecular flexibility index (Phi) is 3.35. The maximum atomic E-state index is 12.6. The summed E-state index contributed by atoms with van der Waals surface area (Å²) in [4.78, 5) is 25.0. The maximum absolute atomic E-state index is 12.6. The summed E-state index contributed by atoms with van der Waals surface area (Å²) in [6.07, 6.45) is -3.40. The molecule has 1 amide bonds. The number of pyridine rings is 1. The van der Waals surface area contributed by atoms with Gasteiger partial charge in [-0.2, -0.15) is 13.2 Å². The van der Waals surface area contributed by atoms with Gasteiger partial charge in [0.2, 0.25) is 5.91 Å². The number of amides is 1. The zero-order chi connectivity index (χ0) is 14.9. The summed E-state index contributed by atoms with van der Waals surface area (Å²) < 4.78 is 37.9. The lowest BCUT2D eigenvalue weighted by molar-refractivity contribution is -0.137. The highest BCUT2D eigenvalue weighted by atomic mass is 19.4. The highest BCUT2D eigenvalue weighted by Gasteiger charge is 2.30. The fourth-order valence-corrected chi connectivity index (χ4v) is 1.70. The van der Waals surface area contributed by atoms with E-state index in [1.807, 2.05) is 0 Å². The van der Waals surface area contributed by atoms with E-state index in [1.165, 1.54) is 12.1 Å². The summed E-state index contributed by atoms with van der Waals surface area (Å²) in [5, 5.41) is 0.